The number of halogens is 1. The summed E-state index contributed by atoms with van der Waals surface area (Å²) in [6.45, 7) is 0. The van der Waals surface area contributed by atoms with E-state index in [0.29, 0.717) is 0 Å². The van der Waals surface area contributed by atoms with E-state index >= 15 is 0 Å². The lowest BCUT2D eigenvalue weighted by Crippen LogP contribution is -2.12. The summed E-state index contributed by atoms with van der Waals surface area (Å²) in [5.41, 5.74) is 0.0996. The Hall–Kier alpha value is -2.76. The van der Waals surface area contributed by atoms with Gasteiger partial charge in [0.15, 0.2) is 0 Å². The Labute approximate surface area is 113 Å². The van der Waals surface area contributed by atoms with Crippen molar-refractivity contribution in [2.75, 3.05) is 0 Å². The molecular weight excluding hydrogens is 265 g/mol. The first-order valence-electron chi connectivity index (χ1n) is 5.75. The SMILES string of the molecule is O=C(Cc1ccccc1[N+](=O)[O-])Oc1cccc(F)c1. The van der Waals surface area contributed by atoms with E-state index in [1.165, 1.54) is 36.4 Å². The maximum Gasteiger partial charge on any atom is 0.315 e. The number of nitrogens with zero attached hydrogens (tertiary/aromatic N) is 1. The summed E-state index contributed by atoms with van der Waals surface area (Å²) in [6.07, 6.45) is -0.256. The first kappa shape index (κ1) is 13.7. The number of nitro groups is 1. The smallest absolute Gasteiger partial charge is 0.315 e. The normalized spacial score (nSPS) is 10.1. The van der Waals surface area contributed by atoms with E-state index in [-0.39, 0.29) is 23.4 Å². The van der Waals surface area contributed by atoms with Crippen LogP contribution in [0.4, 0.5) is 10.1 Å². The van der Waals surface area contributed by atoms with E-state index in [0.717, 1.165) is 6.07 Å². The Morgan fingerprint density at radius 1 is 1.20 bits per heavy atom. The number of esters is 1. The predicted molar refractivity (Wildman–Crippen MR) is 68.8 cm³/mol. The second-order valence-corrected chi connectivity index (χ2v) is 3.99. The number of ether oxygens (including phenoxy) is 1. The Morgan fingerprint density at radius 3 is 2.65 bits per heavy atom. The number of carbonyl (C=O) groups is 1. The molecule has 0 saturated heterocycles. The second kappa shape index (κ2) is 5.92. The van der Waals surface area contributed by atoms with Gasteiger partial charge in [0, 0.05) is 17.7 Å². The van der Waals surface area contributed by atoms with Crippen LogP contribution in [0.1, 0.15) is 5.56 Å². The summed E-state index contributed by atoms with van der Waals surface area (Å²) in [6, 6.07) is 11.0. The van der Waals surface area contributed by atoms with Gasteiger partial charge in [-0.2, -0.15) is 0 Å². The van der Waals surface area contributed by atoms with Crippen LogP contribution in [0.3, 0.4) is 0 Å². The lowest BCUT2D eigenvalue weighted by atomic mass is 10.1. The van der Waals surface area contributed by atoms with Crippen LogP contribution in [0.25, 0.3) is 0 Å². The van der Waals surface area contributed by atoms with Gasteiger partial charge in [-0.3, -0.25) is 14.9 Å². The zero-order valence-corrected chi connectivity index (χ0v) is 10.3. The molecule has 2 rings (SSSR count). The number of para-hydroxylation sites is 1. The van der Waals surface area contributed by atoms with E-state index in [2.05, 4.69) is 0 Å². The average Bonchev–Trinajstić information content (AvgIpc) is 2.38. The van der Waals surface area contributed by atoms with E-state index in [1.807, 2.05) is 0 Å². The van der Waals surface area contributed by atoms with E-state index < -0.39 is 16.7 Å². The molecule has 0 unspecified atom stereocenters. The molecule has 6 heteroatoms. The Morgan fingerprint density at radius 2 is 1.95 bits per heavy atom. The standard InChI is InChI=1S/C14H10FNO4/c15-11-5-3-6-12(9-11)20-14(17)8-10-4-1-2-7-13(10)16(18)19/h1-7,9H,8H2. The van der Waals surface area contributed by atoms with Gasteiger partial charge in [-0.1, -0.05) is 24.3 Å². The highest BCUT2D eigenvalue weighted by atomic mass is 19.1. The van der Waals surface area contributed by atoms with Crippen LogP contribution in [0.5, 0.6) is 5.75 Å². The van der Waals surface area contributed by atoms with E-state index in [9.17, 15) is 19.3 Å². The second-order valence-electron chi connectivity index (χ2n) is 3.99. The third-order valence-corrected chi connectivity index (χ3v) is 2.55. The lowest BCUT2D eigenvalue weighted by Gasteiger charge is -2.05. The molecule has 0 fully saturated rings. The average molecular weight is 275 g/mol. The fraction of sp³-hybridized carbons (Fsp3) is 0.0714. The molecule has 0 radical (unpaired) electrons. The van der Waals surface area contributed by atoms with Gasteiger partial charge in [0.1, 0.15) is 11.6 Å². The fourth-order valence-electron chi connectivity index (χ4n) is 1.69. The van der Waals surface area contributed by atoms with Crippen LogP contribution in [0.2, 0.25) is 0 Å². The molecule has 0 bridgehead atoms. The molecule has 2 aromatic carbocycles. The minimum absolute atomic E-state index is 0.0635. The monoisotopic (exact) mass is 275 g/mol. The maximum atomic E-state index is 12.9. The molecule has 20 heavy (non-hydrogen) atoms. The first-order chi connectivity index (χ1) is 9.56. The van der Waals surface area contributed by atoms with Gasteiger partial charge in [0.2, 0.25) is 0 Å². The van der Waals surface area contributed by atoms with Crippen molar-refractivity contribution in [3.8, 4) is 5.75 Å². The molecular formula is C14H10FNO4. The summed E-state index contributed by atoms with van der Waals surface area (Å²) < 4.78 is 17.9. The molecule has 0 aliphatic rings. The first-order valence-corrected chi connectivity index (χ1v) is 5.75. The van der Waals surface area contributed by atoms with E-state index in [4.69, 9.17) is 4.74 Å². The van der Waals surface area contributed by atoms with Gasteiger partial charge in [-0.05, 0) is 12.1 Å². The topological polar surface area (TPSA) is 69.4 Å². The molecule has 2 aromatic rings. The van der Waals surface area contributed by atoms with Crippen molar-refractivity contribution in [2.45, 2.75) is 6.42 Å². The van der Waals surface area contributed by atoms with Crippen molar-refractivity contribution in [1.82, 2.24) is 0 Å². The number of nitro benzene ring substituents is 1. The van der Waals surface area contributed by atoms with Gasteiger partial charge in [-0.15, -0.1) is 0 Å². The molecule has 0 aliphatic heterocycles. The third kappa shape index (κ3) is 3.38. The van der Waals surface area contributed by atoms with Crippen molar-refractivity contribution < 1.29 is 18.8 Å². The summed E-state index contributed by atoms with van der Waals surface area (Å²) in [5, 5.41) is 10.8. The molecule has 0 aliphatic carbocycles. The number of carbonyl (C=O) groups excluding carboxylic acids is 1. The maximum absolute atomic E-state index is 12.9. The summed E-state index contributed by atoms with van der Waals surface area (Å²) >= 11 is 0. The molecule has 0 aromatic heterocycles. The minimum atomic E-state index is -0.690. The van der Waals surface area contributed by atoms with Crippen molar-refractivity contribution in [1.29, 1.82) is 0 Å². The molecule has 0 saturated carbocycles. The van der Waals surface area contributed by atoms with Crippen LogP contribution in [-0.2, 0) is 11.2 Å². The number of hydrogen-bond acceptors (Lipinski definition) is 4. The van der Waals surface area contributed by atoms with Gasteiger partial charge < -0.3 is 4.74 Å². The Kier molecular flexibility index (Phi) is 4.05. The predicted octanol–water partition coefficient (Wildman–Crippen LogP) is 2.88. The molecule has 0 heterocycles. The number of rotatable bonds is 4. The minimum Gasteiger partial charge on any atom is -0.426 e. The Balaban J connectivity index is 2.11. The number of hydrogen-bond donors (Lipinski definition) is 0. The lowest BCUT2D eigenvalue weighted by molar-refractivity contribution is -0.385. The zero-order valence-electron chi connectivity index (χ0n) is 10.3. The largest absolute Gasteiger partial charge is 0.426 e. The fourth-order valence-corrected chi connectivity index (χ4v) is 1.69. The Bertz CT molecular complexity index is 657. The van der Waals surface area contributed by atoms with Crippen LogP contribution >= 0.6 is 0 Å². The van der Waals surface area contributed by atoms with Crippen molar-refractivity contribution in [3.63, 3.8) is 0 Å². The zero-order chi connectivity index (χ0) is 14.5. The summed E-state index contributed by atoms with van der Waals surface area (Å²) in [5.74, 6) is -1.15. The molecule has 0 amide bonds. The highest BCUT2D eigenvalue weighted by molar-refractivity contribution is 5.76. The molecule has 102 valence electrons. The molecule has 5 nitrogen and oxygen atoms in total. The molecule has 0 atom stereocenters. The van der Waals surface area contributed by atoms with Gasteiger partial charge in [0.05, 0.1) is 11.3 Å². The molecule has 0 spiro atoms. The molecule has 0 N–H and O–H groups in total. The number of benzene rings is 2. The third-order valence-electron chi connectivity index (χ3n) is 2.55. The summed E-state index contributed by atoms with van der Waals surface area (Å²) in [7, 11) is 0. The van der Waals surface area contributed by atoms with Crippen molar-refractivity contribution >= 4 is 11.7 Å². The van der Waals surface area contributed by atoms with Crippen LogP contribution in [0.15, 0.2) is 48.5 Å². The highest BCUT2D eigenvalue weighted by Gasteiger charge is 2.16. The van der Waals surface area contributed by atoms with Gasteiger partial charge >= 0.3 is 5.97 Å². The van der Waals surface area contributed by atoms with Crippen molar-refractivity contribution in [3.05, 3.63) is 70.0 Å². The van der Waals surface area contributed by atoms with Gasteiger partial charge in [-0.25, -0.2) is 4.39 Å². The quantitative estimate of drug-likeness (QED) is 0.372. The van der Waals surface area contributed by atoms with Crippen LogP contribution in [-0.4, -0.2) is 10.9 Å². The summed E-state index contributed by atoms with van der Waals surface area (Å²) in [4.78, 5) is 21.9. The van der Waals surface area contributed by atoms with Crippen LogP contribution in [0, 0.1) is 15.9 Å². The van der Waals surface area contributed by atoms with Gasteiger partial charge in [0.25, 0.3) is 5.69 Å². The van der Waals surface area contributed by atoms with E-state index in [1.54, 1.807) is 6.07 Å². The highest BCUT2D eigenvalue weighted by Crippen LogP contribution is 2.19. The van der Waals surface area contributed by atoms with Crippen molar-refractivity contribution in [2.24, 2.45) is 0 Å². The van der Waals surface area contributed by atoms with Crippen LogP contribution < -0.4 is 4.74 Å².